The Morgan fingerprint density at radius 3 is 3.31 bits per heavy atom. The number of amides is 1. The van der Waals surface area contributed by atoms with Crippen molar-refractivity contribution in [2.24, 2.45) is 5.92 Å². The molecule has 1 N–H and O–H groups in total. The number of carbonyl (C=O) groups excluding carboxylic acids is 1. The van der Waals surface area contributed by atoms with Crippen LogP contribution in [0.1, 0.15) is 32.1 Å². The van der Waals surface area contributed by atoms with Gasteiger partial charge in [-0.05, 0) is 19.3 Å². The molecule has 0 aromatic heterocycles. The molecule has 2 aliphatic heterocycles. The number of carbonyl (C=O) groups is 1. The maximum absolute atomic E-state index is 11.7. The van der Waals surface area contributed by atoms with Crippen LogP contribution >= 0.6 is 0 Å². The molecule has 3 aliphatic rings. The van der Waals surface area contributed by atoms with Gasteiger partial charge >= 0.3 is 0 Å². The zero-order valence-corrected chi connectivity index (χ0v) is 7.88. The Morgan fingerprint density at radius 1 is 1.46 bits per heavy atom. The van der Waals surface area contributed by atoms with E-state index in [9.17, 15) is 4.79 Å². The predicted octanol–water partition coefficient (Wildman–Crippen LogP) is 0.708. The van der Waals surface area contributed by atoms with Crippen LogP contribution in [0, 0.1) is 5.92 Å². The summed E-state index contributed by atoms with van der Waals surface area (Å²) in [6.07, 6.45) is 5.83. The summed E-state index contributed by atoms with van der Waals surface area (Å²) in [7, 11) is 0. The summed E-state index contributed by atoms with van der Waals surface area (Å²) in [5.41, 5.74) is 0.106. The average Bonchev–Trinajstić information content (AvgIpc) is 2.62. The highest BCUT2D eigenvalue weighted by Gasteiger charge is 2.55. The van der Waals surface area contributed by atoms with Crippen molar-refractivity contribution < 1.29 is 4.79 Å². The summed E-state index contributed by atoms with van der Waals surface area (Å²) in [6.45, 7) is 1.94. The Kier molecular flexibility index (Phi) is 1.48. The molecule has 72 valence electrons. The highest BCUT2D eigenvalue weighted by Crippen LogP contribution is 2.45. The second-order valence-corrected chi connectivity index (χ2v) is 4.54. The molecule has 2 heterocycles. The molecule has 0 radical (unpaired) electrons. The van der Waals surface area contributed by atoms with Crippen molar-refractivity contribution in [3.63, 3.8) is 0 Å². The van der Waals surface area contributed by atoms with Gasteiger partial charge in [0.1, 0.15) is 0 Å². The Hall–Kier alpha value is -0.570. The van der Waals surface area contributed by atoms with Gasteiger partial charge in [-0.25, -0.2) is 0 Å². The van der Waals surface area contributed by atoms with Crippen LogP contribution in [-0.4, -0.2) is 29.6 Å². The maximum Gasteiger partial charge on any atom is 0.224 e. The van der Waals surface area contributed by atoms with E-state index in [1.807, 2.05) is 0 Å². The van der Waals surface area contributed by atoms with Crippen molar-refractivity contribution >= 4 is 5.91 Å². The van der Waals surface area contributed by atoms with Gasteiger partial charge in [-0.15, -0.1) is 0 Å². The molecule has 1 saturated carbocycles. The Bertz CT molecular complexity index is 253. The third-order valence-corrected chi connectivity index (χ3v) is 4.01. The fraction of sp³-hybridized carbons (Fsp3) is 0.900. The van der Waals surface area contributed by atoms with E-state index >= 15 is 0 Å². The van der Waals surface area contributed by atoms with Crippen molar-refractivity contribution in [3.05, 3.63) is 0 Å². The molecule has 3 fully saturated rings. The summed E-state index contributed by atoms with van der Waals surface area (Å²) in [5.74, 6) is 0.994. The minimum atomic E-state index is 0.106. The summed E-state index contributed by atoms with van der Waals surface area (Å²) in [6, 6.07) is 0. The topological polar surface area (TPSA) is 32.3 Å². The van der Waals surface area contributed by atoms with E-state index in [0.717, 1.165) is 19.5 Å². The second-order valence-electron chi connectivity index (χ2n) is 4.54. The Morgan fingerprint density at radius 2 is 2.38 bits per heavy atom. The van der Waals surface area contributed by atoms with E-state index < -0.39 is 0 Å². The number of nitrogens with one attached hydrogen (secondary N) is 1. The highest BCUT2D eigenvalue weighted by atomic mass is 16.2. The lowest BCUT2D eigenvalue weighted by Gasteiger charge is -2.40. The monoisotopic (exact) mass is 180 g/mol. The van der Waals surface area contributed by atoms with Gasteiger partial charge in [0, 0.05) is 25.4 Å². The molecule has 1 spiro atoms. The van der Waals surface area contributed by atoms with Crippen LogP contribution in [0.3, 0.4) is 0 Å². The van der Waals surface area contributed by atoms with Crippen LogP contribution in [0.5, 0.6) is 0 Å². The Balaban J connectivity index is 1.98. The third-order valence-electron chi connectivity index (χ3n) is 4.01. The van der Waals surface area contributed by atoms with Crippen molar-refractivity contribution in [1.82, 2.24) is 10.2 Å². The van der Waals surface area contributed by atoms with Crippen LogP contribution in [-0.2, 0) is 4.79 Å². The van der Waals surface area contributed by atoms with Crippen LogP contribution in [0.25, 0.3) is 0 Å². The van der Waals surface area contributed by atoms with E-state index in [4.69, 9.17) is 0 Å². The van der Waals surface area contributed by atoms with E-state index in [1.165, 1.54) is 25.7 Å². The molecule has 2 saturated heterocycles. The van der Waals surface area contributed by atoms with Crippen molar-refractivity contribution in [1.29, 1.82) is 0 Å². The molecule has 0 aromatic rings. The third kappa shape index (κ3) is 0.857. The van der Waals surface area contributed by atoms with Crippen LogP contribution in [0.15, 0.2) is 0 Å². The predicted molar refractivity (Wildman–Crippen MR) is 49.0 cm³/mol. The van der Waals surface area contributed by atoms with Gasteiger partial charge in [0.2, 0.25) is 5.91 Å². The fourth-order valence-corrected chi connectivity index (χ4v) is 3.43. The molecule has 1 amide bonds. The quantitative estimate of drug-likeness (QED) is 0.595. The first-order valence-electron chi connectivity index (χ1n) is 5.38. The SMILES string of the molecule is O=C1C[C@@H]2CCCC[C@@]23NCCN13. The van der Waals surface area contributed by atoms with E-state index in [0.29, 0.717) is 11.8 Å². The molecule has 0 unspecified atom stereocenters. The molecule has 13 heavy (non-hydrogen) atoms. The van der Waals surface area contributed by atoms with Gasteiger partial charge < -0.3 is 4.90 Å². The first-order chi connectivity index (χ1) is 6.33. The molecular weight excluding hydrogens is 164 g/mol. The first kappa shape index (κ1) is 7.80. The molecule has 0 aromatic carbocycles. The van der Waals surface area contributed by atoms with Crippen LogP contribution < -0.4 is 5.32 Å². The van der Waals surface area contributed by atoms with Gasteiger partial charge in [0.05, 0.1) is 5.66 Å². The standard InChI is InChI=1S/C10H16N2O/c13-9-7-8-3-1-2-4-10(8)11-5-6-12(9)10/h8,11H,1-7H2/t8-,10-/m0/s1. The number of nitrogens with zero attached hydrogens (tertiary/aromatic N) is 1. The average molecular weight is 180 g/mol. The smallest absolute Gasteiger partial charge is 0.224 e. The first-order valence-corrected chi connectivity index (χ1v) is 5.38. The zero-order chi connectivity index (χ0) is 8.89. The molecule has 3 nitrogen and oxygen atoms in total. The lowest BCUT2D eigenvalue weighted by Crippen LogP contribution is -2.53. The Labute approximate surface area is 78.5 Å². The summed E-state index contributed by atoms with van der Waals surface area (Å²) in [4.78, 5) is 13.8. The van der Waals surface area contributed by atoms with E-state index in [2.05, 4.69) is 10.2 Å². The summed E-state index contributed by atoms with van der Waals surface area (Å²) < 4.78 is 0. The number of rotatable bonds is 0. The lowest BCUT2D eigenvalue weighted by atomic mass is 9.80. The van der Waals surface area contributed by atoms with Crippen molar-refractivity contribution in [2.75, 3.05) is 13.1 Å². The van der Waals surface area contributed by atoms with E-state index in [1.54, 1.807) is 0 Å². The van der Waals surface area contributed by atoms with Gasteiger partial charge in [-0.2, -0.15) is 0 Å². The zero-order valence-electron chi connectivity index (χ0n) is 7.88. The van der Waals surface area contributed by atoms with Crippen LogP contribution in [0.2, 0.25) is 0 Å². The van der Waals surface area contributed by atoms with Gasteiger partial charge in [0.25, 0.3) is 0 Å². The molecule has 2 atom stereocenters. The molecule has 3 rings (SSSR count). The fourth-order valence-electron chi connectivity index (χ4n) is 3.43. The van der Waals surface area contributed by atoms with Crippen molar-refractivity contribution in [3.8, 4) is 0 Å². The van der Waals surface area contributed by atoms with Gasteiger partial charge in [-0.3, -0.25) is 10.1 Å². The lowest BCUT2D eigenvalue weighted by molar-refractivity contribution is -0.130. The maximum atomic E-state index is 11.7. The minimum absolute atomic E-state index is 0.106. The second kappa shape index (κ2) is 2.47. The van der Waals surface area contributed by atoms with Gasteiger partial charge in [-0.1, -0.05) is 6.42 Å². The van der Waals surface area contributed by atoms with Crippen LogP contribution in [0.4, 0.5) is 0 Å². The van der Waals surface area contributed by atoms with Gasteiger partial charge in [0.15, 0.2) is 0 Å². The summed E-state index contributed by atoms with van der Waals surface area (Å²) in [5, 5.41) is 3.57. The number of hydrogen-bond donors (Lipinski definition) is 1. The van der Waals surface area contributed by atoms with Crippen molar-refractivity contribution in [2.45, 2.75) is 37.8 Å². The molecular formula is C10H16N2O. The molecule has 0 bridgehead atoms. The molecule has 3 heteroatoms. The minimum Gasteiger partial charge on any atom is -0.323 e. The normalized spacial score (nSPS) is 43.5. The summed E-state index contributed by atoms with van der Waals surface area (Å²) >= 11 is 0. The largest absolute Gasteiger partial charge is 0.323 e. The van der Waals surface area contributed by atoms with E-state index in [-0.39, 0.29) is 5.66 Å². The highest BCUT2D eigenvalue weighted by molar-refractivity contribution is 5.80. The molecule has 1 aliphatic carbocycles. The number of hydrogen-bond acceptors (Lipinski definition) is 2.